The second-order valence-corrected chi connectivity index (χ2v) is 1.54. The van der Waals surface area contributed by atoms with Crippen molar-refractivity contribution in [3.8, 4) is 5.75 Å². The Morgan fingerprint density at radius 2 is 2.67 bits per heavy atom. The fourth-order valence-corrected chi connectivity index (χ4v) is 0.548. The van der Waals surface area contributed by atoms with Gasteiger partial charge in [-0.25, -0.2) is 0 Å². The first-order valence-corrected chi connectivity index (χ1v) is 2.88. The van der Waals surface area contributed by atoms with Gasteiger partial charge in [0, 0.05) is 18.5 Å². The normalized spacial score (nSPS) is 9.00. The van der Waals surface area contributed by atoms with Gasteiger partial charge in [-0.3, -0.25) is 4.98 Å². The van der Waals surface area contributed by atoms with E-state index in [1.807, 2.05) is 6.92 Å². The minimum absolute atomic E-state index is 0.681. The van der Waals surface area contributed by atoms with Crippen LogP contribution in [-0.4, -0.2) is 11.6 Å². The molecule has 0 aliphatic rings. The van der Waals surface area contributed by atoms with Crippen LogP contribution in [0.2, 0.25) is 0 Å². The van der Waals surface area contributed by atoms with Crippen molar-refractivity contribution in [2.45, 2.75) is 6.92 Å². The number of aromatic nitrogens is 1. The summed E-state index contributed by atoms with van der Waals surface area (Å²) in [6, 6.07) is 4.62. The van der Waals surface area contributed by atoms with Crippen LogP contribution in [0.4, 0.5) is 0 Å². The predicted octanol–water partition coefficient (Wildman–Crippen LogP) is 1.28. The van der Waals surface area contributed by atoms with Crippen LogP contribution in [0.25, 0.3) is 0 Å². The Morgan fingerprint density at radius 3 is 3.22 bits per heavy atom. The van der Waals surface area contributed by atoms with Crippen molar-refractivity contribution in [3.05, 3.63) is 24.5 Å². The first-order chi connectivity index (χ1) is 4.43. The van der Waals surface area contributed by atoms with E-state index < -0.39 is 0 Å². The average Bonchev–Trinajstić information content (AvgIpc) is 1.91. The van der Waals surface area contributed by atoms with Crippen molar-refractivity contribution in [1.29, 1.82) is 0 Å². The van der Waals surface area contributed by atoms with Gasteiger partial charge in [-0.15, -0.1) is 0 Å². The van der Waals surface area contributed by atoms with E-state index in [4.69, 9.17) is 4.74 Å². The molecule has 0 N–H and O–H groups in total. The number of hydrogen-bond donors (Lipinski definition) is 0. The van der Waals surface area contributed by atoms with Crippen LogP contribution in [0.3, 0.4) is 0 Å². The molecular weight excluding hydrogens is 114 g/mol. The van der Waals surface area contributed by atoms with E-state index in [1.54, 1.807) is 18.5 Å². The van der Waals surface area contributed by atoms with E-state index in [1.165, 1.54) is 0 Å². The molecule has 0 atom stereocenters. The topological polar surface area (TPSA) is 22.1 Å². The van der Waals surface area contributed by atoms with Gasteiger partial charge in [0.25, 0.3) is 0 Å². The summed E-state index contributed by atoms with van der Waals surface area (Å²) in [6.07, 6.45) is 3.27. The van der Waals surface area contributed by atoms with Crippen LogP contribution >= 0.6 is 0 Å². The monoisotopic (exact) mass is 122 g/mol. The molecule has 0 aromatic carbocycles. The summed E-state index contributed by atoms with van der Waals surface area (Å²) in [5.74, 6) is 0.757. The fourth-order valence-electron chi connectivity index (χ4n) is 0.548. The van der Waals surface area contributed by atoms with Gasteiger partial charge < -0.3 is 4.74 Å². The molecular formula is C7H8NO. The van der Waals surface area contributed by atoms with Gasteiger partial charge in [0.1, 0.15) is 5.75 Å². The average molecular weight is 122 g/mol. The van der Waals surface area contributed by atoms with E-state index in [9.17, 15) is 0 Å². The van der Waals surface area contributed by atoms with E-state index in [0.29, 0.717) is 6.61 Å². The first kappa shape index (κ1) is 6.08. The molecule has 1 aromatic heterocycles. The summed E-state index contributed by atoms with van der Waals surface area (Å²) in [7, 11) is 0. The lowest BCUT2D eigenvalue weighted by atomic mass is 10.5. The van der Waals surface area contributed by atoms with E-state index in [0.717, 1.165) is 5.75 Å². The maximum Gasteiger partial charge on any atom is 0.130 e. The summed E-state index contributed by atoms with van der Waals surface area (Å²) in [6.45, 7) is 2.62. The lowest BCUT2D eigenvalue weighted by Crippen LogP contribution is -1.90. The van der Waals surface area contributed by atoms with Crippen LogP contribution in [0, 0.1) is 6.07 Å². The standard InChI is InChI=1S/C7H8NO/c1-2-9-7-3-5-8-6-4-7/h3,5-6H,2H2,1H3. The van der Waals surface area contributed by atoms with Gasteiger partial charge in [0.15, 0.2) is 0 Å². The highest BCUT2D eigenvalue weighted by atomic mass is 16.5. The fraction of sp³-hybridized carbons (Fsp3) is 0.286. The molecule has 2 nitrogen and oxygen atoms in total. The van der Waals surface area contributed by atoms with Crippen LogP contribution in [0.15, 0.2) is 18.5 Å². The smallest absolute Gasteiger partial charge is 0.130 e. The summed E-state index contributed by atoms with van der Waals surface area (Å²) >= 11 is 0. The van der Waals surface area contributed by atoms with Crippen molar-refractivity contribution in [2.75, 3.05) is 6.61 Å². The van der Waals surface area contributed by atoms with Crippen molar-refractivity contribution in [3.63, 3.8) is 0 Å². The summed E-state index contributed by atoms with van der Waals surface area (Å²) < 4.78 is 5.11. The molecule has 0 spiro atoms. The van der Waals surface area contributed by atoms with Crippen LogP contribution in [-0.2, 0) is 0 Å². The van der Waals surface area contributed by atoms with E-state index in [2.05, 4.69) is 11.1 Å². The number of pyridine rings is 1. The molecule has 0 aliphatic carbocycles. The lowest BCUT2D eigenvalue weighted by molar-refractivity contribution is 0.339. The van der Waals surface area contributed by atoms with Crippen molar-refractivity contribution in [1.82, 2.24) is 4.98 Å². The van der Waals surface area contributed by atoms with Gasteiger partial charge in [0.2, 0.25) is 0 Å². The highest BCUT2D eigenvalue weighted by molar-refractivity contribution is 5.14. The van der Waals surface area contributed by atoms with Gasteiger partial charge in [-0.05, 0) is 13.0 Å². The highest BCUT2D eigenvalue weighted by Crippen LogP contribution is 2.04. The largest absolute Gasteiger partial charge is 0.493 e. The number of ether oxygens (including phenoxy) is 1. The molecule has 2 heteroatoms. The van der Waals surface area contributed by atoms with Crippen molar-refractivity contribution < 1.29 is 4.74 Å². The number of nitrogens with zero attached hydrogens (tertiary/aromatic N) is 1. The molecule has 1 aromatic rings. The molecule has 1 rings (SSSR count). The lowest BCUT2D eigenvalue weighted by Gasteiger charge is -1.98. The Bertz CT molecular complexity index is 162. The zero-order valence-electron chi connectivity index (χ0n) is 5.29. The third-order valence-corrected chi connectivity index (χ3v) is 0.893. The Kier molecular flexibility index (Phi) is 2.07. The first-order valence-electron chi connectivity index (χ1n) is 2.88. The minimum atomic E-state index is 0.681. The second kappa shape index (κ2) is 3.07. The molecule has 1 radical (unpaired) electrons. The summed E-state index contributed by atoms with van der Waals surface area (Å²) in [5, 5.41) is 0. The highest BCUT2D eigenvalue weighted by Gasteiger charge is 1.85. The molecule has 0 aliphatic heterocycles. The van der Waals surface area contributed by atoms with E-state index >= 15 is 0 Å². The van der Waals surface area contributed by atoms with Crippen molar-refractivity contribution >= 4 is 0 Å². The third-order valence-electron chi connectivity index (χ3n) is 0.893. The van der Waals surface area contributed by atoms with Crippen LogP contribution in [0.1, 0.15) is 6.92 Å². The Morgan fingerprint density at radius 1 is 1.78 bits per heavy atom. The zero-order chi connectivity index (χ0) is 6.53. The number of rotatable bonds is 2. The Hall–Kier alpha value is -1.05. The van der Waals surface area contributed by atoms with Gasteiger partial charge >= 0.3 is 0 Å². The third kappa shape index (κ3) is 1.72. The second-order valence-electron chi connectivity index (χ2n) is 1.54. The molecule has 1 heterocycles. The SMILES string of the molecule is CCOc1[c]cncc1. The van der Waals surface area contributed by atoms with E-state index in [-0.39, 0.29) is 0 Å². The Balaban J connectivity index is 2.61. The van der Waals surface area contributed by atoms with Crippen LogP contribution < -0.4 is 4.74 Å². The van der Waals surface area contributed by atoms with Crippen LogP contribution in [0.5, 0.6) is 5.75 Å². The quantitative estimate of drug-likeness (QED) is 0.589. The van der Waals surface area contributed by atoms with Gasteiger partial charge in [-0.1, -0.05) is 0 Å². The predicted molar refractivity (Wildman–Crippen MR) is 34.2 cm³/mol. The van der Waals surface area contributed by atoms with Crippen molar-refractivity contribution in [2.24, 2.45) is 0 Å². The minimum Gasteiger partial charge on any atom is -0.493 e. The molecule has 0 bridgehead atoms. The van der Waals surface area contributed by atoms with Gasteiger partial charge in [-0.2, -0.15) is 0 Å². The Labute approximate surface area is 54.5 Å². The molecule has 0 unspecified atom stereocenters. The molecule has 0 saturated heterocycles. The summed E-state index contributed by atoms with van der Waals surface area (Å²) in [5.41, 5.74) is 0. The summed E-state index contributed by atoms with van der Waals surface area (Å²) in [4.78, 5) is 3.79. The zero-order valence-corrected chi connectivity index (χ0v) is 5.29. The maximum absolute atomic E-state index is 5.11. The molecule has 0 fully saturated rings. The van der Waals surface area contributed by atoms with Gasteiger partial charge in [0.05, 0.1) is 6.61 Å². The molecule has 47 valence electrons. The molecule has 0 amide bonds. The molecule has 9 heavy (non-hydrogen) atoms. The number of hydrogen-bond acceptors (Lipinski definition) is 2. The molecule has 0 saturated carbocycles. The maximum atomic E-state index is 5.11.